The zero-order valence-electron chi connectivity index (χ0n) is 12.3. The Hall–Kier alpha value is -2.75. The number of para-hydroxylation sites is 1. The molecule has 0 bridgehead atoms. The van der Waals surface area contributed by atoms with Gasteiger partial charge in [-0.1, -0.05) is 12.1 Å². The minimum atomic E-state index is -5.65. The fourth-order valence-corrected chi connectivity index (χ4v) is 2.75. The highest BCUT2D eigenvalue weighted by Gasteiger charge is 2.46. The number of hydrogen-bond acceptors (Lipinski definition) is 5. The summed E-state index contributed by atoms with van der Waals surface area (Å²) >= 11 is 0. The molecule has 0 atom stereocenters. The van der Waals surface area contributed by atoms with E-state index in [1.165, 1.54) is 41.1 Å². The lowest BCUT2D eigenvalue weighted by atomic mass is 10.0. The number of carbonyl (C=O) groups excluding carboxylic acids is 1. The van der Waals surface area contributed by atoms with E-state index >= 15 is 0 Å². The standard InChI is InChI=1S/C15H10F3NO5S/c16-15(17,18)25(21,22)19-11-4-2-1-3-10(11)14(20)9-5-6-12-13(7-9)24-8-23-12/h1-7,19H,8H2. The van der Waals surface area contributed by atoms with Gasteiger partial charge in [0.15, 0.2) is 17.3 Å². The average Bonchev–Trinajstić information content (AvgIpc) is 3.01. The fraction of sp³-hybridized carbons (Fsp3) is 0.133. The summed E-state index contributed by atoms with van der Waals surface area (Å²) in [5, 5.41) is 0. The molecule has 0 aliphatic carbocycles. The van der Waals surface area contributed by atoms with Gasteiger partial charge < -0.3 is 9.47 Å². The molecule has 6 nitrogen and oxygen atoms in total. The molecule has 2 aromatic rings. The van der Waals surface area contributed by atoms with Crippen molar-refractivity contribution in [2.45, 2.75) is 5.51 Å². The summed E-state index contributed by atoms with van der Waals surface area (Å²) in [7, 11) is -5.65. The first-order chi connectivity index (χ1) is 11.7. The number of sulfonamides is 1. The molecule has 0 radical (unpaired) electrons. The fourth-order valence-electron chi connectivity index (χ4n) is 2.17. The van der Waals surface area contributed by atoms with Crippen molar-refractivity contribution in [1.29, 1.82) is 0 Å². The molecule has 0 fully saturated rings. The van der Waals surface area contributed by atoms with Crippen molar-refractivity contribution < 1.29 is 35.9 Å². The van der Waals surface area contributed by atoms with Crippen molar-refractivity contribution >= 4 is 21.5 Å². The van der Waals surface area contributed by atoms with E-state index in [0.29, 0.717) is 11.5 Å². The Balaban J connectivity index is 1.97. The van der Waals surface area contributed by atoms with Crippen molar-refractivity contribution in [2.75, 3.05) is 11.5 Å². The van der Waals surface area contributed by atoms with Crippen molar-refractivity contribution in [1.82, 2.24) is 0 Å². The van der Waals surface area contributed by atoms with E-state index in [1.54, 1.807) is 0 Å². The van der Waals surface area contributed by atoms with Gasteiger partial charge in [-0.3, -0.25) is 9.52 Å². The van der Waals surface area contributed by atoms with Gasteiger partial charge in [0.1, 0.15) is 0 Å². The summed E-state index contributed by atoms with van der Waals surface area (Å²) in [4.78, 5) is 12.6. The van der Waals surface area contributed by atoms with Crippen molar-refractivity contribution in [3.05, 3.63) is 53.6 Å². The molecule has 132 valence electrons. The Morgan fingerprint density at radius 1 is 1.04 bits per heavy atom. The smallest absolute Gasteiger partial charge is 0.454 e. The predicted molar refractivity (Wildman–Crippen MR) is 81.0 cm³/mol. The number of nitrogens with one attached hydrogen (secondary N) is 1. The zero-order chi connectivity index (χ0) is 18.2. The van der Waals surface area contributed by atoms with Gasteiger partial charge >= 0.3 is 15.5 Å². The van der Waals surface area contributed by atoms with Crippen molar-refractivity contribution in [3.8, 4) is 11.5 Å². The second-order valence-corrected chi connectivity index (χ2v) is 6.67. The zero-order valence-corrected chi connectivity index (χ0v) is 13.1. The molecule has 2 aromatic carbocycles. The summed E-state index contributed by atoms with van der Waals surface area (Å²) in [5.74, 6) is 0.0839. The van der Waals surface area contributed by atoms with Crippen LogP contribution in [0.2, 0.25) is 0 Å². The Morgan fingerprint density at radius 3 is 2.44 bits per heavy atom. The van der Waals surface area contributed by atoms with Crippen LogP contribution in [0.1, 0.15) is 15.9 Å². The van der Waals surface area contributed by atoms with Gasteiger partial charge in [-0.05, 0) is 30.3 Å². The molecule has 1 N–H and O–H groups in total. The summed E-state index contributed by atoms with van der Waals surface area (Å²) in [6.07, 6.45) is 0. The number of halogens is 3. The van der Waals surface area contributed by atoms with Gasteiger partial charge in [-0.15, -0.1) is 0 Å². The SMILES string of the molecule is O=C(c1ccc2c(c1)OCO2)c1ccccc1NS(=O)(=O)C(F)(F)F. The Kier molecular flexibility index (Phi) is 4.07. The quantitative estimate of drug-likeness (QED) is 0.834. The van der Waals surface area contributed by atoms with Crippen LogP contribution in [0, 0.1) is 0 Å². The van der Waals surface area contributed by atoms with Crippen LogP contribution in [0.4, 0.5) is 18.9 Å². The highest BCUT2D eigenvalue weighted by atomic mass is 32.2. The van der Waals surface area contributed by atoms with Gasteiger partial charge in [0.2, 0.25) is 6.79 Å². The Morgan fingerprint density at radius 2 is 1.72 bits per heavy atom. The third-order valence-electron chi connectivity index (χ3n) is 3.36. The number of hydrogen-bond donors (Lipinski definition) is 1. The van der Waals surface area contributed by atoms with Crippen LogP contribution in [0.25, 0.3) is 0 Å². The summed E-state index contributed by atoms with van der Waals surface area (Å²) in [6, 6.07) is 9.28. The Labute approximate surface area is 140 Å². The maximum absolute atomic E-state index is 12.6. The van der Waals surface area contributed by atoms with E-state index in [4.69, 9.17) is 9.47 Å². The van der Waals surface area contributed by atoms with E-state index in [9.17, 15) is 26.4 Å². The van der Waals surface area contributed by atoms with E-state index < -0.39 is 27.0 Å². The molecule has 0 spiro atoms. The molecule has 1 heterocycles. The minimum absolute atomic E-state index is 0.00501. The second kappa shape index (κ2) is 5.96. The van der Waals surface area contributed by atoms with E-state index in [2.05, 4.69) is 0 Å². The molecular weight excluding hydrogens is 363 g/mol. The lowest BCUT2D eigenvalue weighted by molar-refractivity contribution is -0.0429. The van der Waals surface area contributed by atoms with Crippen molar-refractivity contribution in [2.24, 2.45) is 0 Å². The van der Waals surface area contributed by atoms with Crippen LogP contribution in [-0.2, 0) is 10.0 Å². The number of benzene rings is 2. The highest BCUT2D eigenvalue weighted by molar-refractivity contribution is 7.93. The third kappa shape index (κ3) is 3.25. The van der Waals surface area contributed by atoms with E-state index in [-0.39, 0.29) is 17.9 Å². The van der Waals surface area contributed by atoms with E-state index in [1.807, 2.05) is 0 Å². The lowest BCUT2D eigenvalue weighted by Gasteiger charge is -2.13. The van der Waals surface area contributed by atoms with Gasteiger partial charge in [0.25, 0.3) is 0 Å². The molecule has 0 saturated carbocycles. The van der Waals surface area contributed by atoms with Crippen molar-refractivity contribution in [3.63, 3.8) is 0 Å². The maximum atomic E-state index is 12.6. The molecule has 3 rings (SSSR count). The van der Waals surface area contributed by atoms with Crippen LogP contribution in [0.15, 0.2) is 42.5 Å². The van der Waals surface area contributed by atoms with Gasteiger partial charge in [-0.2, -0.15) is 21.6 Å². The van der Waals surface area contributed by atoms with Crippen LogP contribution >= 0.6 is 0 Å². The monoisotopic (exact) mass is 373 g/mol. The lowest BCUT2D eigenvalue weighted by Crippen LogP contribution is -2.30. The number of carbonyl (C=O) groups is 1. The van der Waals surface area contributed by atoms with Gasteiger partial charge in [0.05, 0.1) is 5.69 Å². The van der Waals surface area contributed by atoms with Crippen LogP contribution in [-0.4, -0.2) is 26.5 Å². The molecular formula is C15H10F3NO5S. The molecule has 1 aliphatic rings. The minimum Gasteiger partial charge on any atom is -0.454 e. The largest absolute Gasteiger partial charge is 0.516 e. The summed E-state index contributed by atoms with van der Waals surface area (Å²) in [6.45, 7) is -0.00501. The molecule has 0 saturated heterocycles. The van der Waals surface area contributed by atoms with Crippen LogP contribution < -0.4 is 14.2 Å². The molecule has 0 aromatic heterocycles. The normalized spacial score (nSPS) is 13.6. The molecule has 25 heavy (non-hydrogen) atoms. The maximum Gasteiger partial charge on any atom is 0.516 e. The highest BCUT2D eigenvalue weighted by Crippen LogP contribution is 2.34. The summed E-state index contributed by atoms with van der Waals surface area (Å²) < 4.78 is 71.9. The second-order valence-electron chi connectivity index (χ2n) is 4.99. The van der Waals surface area contributed by atoms with E-state index in [0.717, 1.165) is 6.07 Å². The van der Waals surface area contributed by atoms with Gasteiger partial charge in [-0.25, -0.2) is 0 Å². The number of rotatable bonds is 4. The van der Waals surface area contributed by atoms with Crippen LogP contribution in [0.3, 0.4) is 0 Å². The molecule has 10 heteroatoms. The first-order valence-corrected chi connectivity index (χ1v) is 8.30. The van der Waals surface area contributed by atoms with Crippen LogP contribution in [0.5, 0.6) is 11.5 Å². The Bertz CT molecular complexity index is 940. The predicted octanol–water partition coefficient (Wildman–Crippen LogP) is 2.91. The van der Waals surface area contributed by atoms with Gasteiger partial charge in [0, 0.05) is 11.1 Å². The number of anilines is 1. The third-order valence-corrected chi connectivity index (χ3v) is 4.45. The number of fused-ring (bicyclic) bond motifs is 1. The summed E-state index contributed by atoms with van der Waals surface area (Å²) in [5.41, 5.74) is -6.08. The first-order valence-electron chi connectivity index (χ1n) is 6.81. The number of alkyl halides is 3. The first kappa shape index (κ1) is 17.1. The number of ketones is 1. The topological polar surface area (TPSA) is 81.7 Å². The average molecular weight is 373 g/mol. The number of ether oxygens (including phenoxy) is 2. The molecule has 0 unspecified atom stereocenters. The molecule has 1 aliphatic heterocycles. The molecule has 0 amide bonds.